The summed E-state index contributed by atoms with van der Waals surface area (Å²) in [6.45, 7) is 1.97. The van der Waals surface area contributed by atoms with Crippen LogP contribution in [0.3, 0.4) is 0 Å². The van der Waals surface area contributed by atoms with E-state index < -0.39 is 0 Å². The van der Waals surface area contributed by atoms with Gasteiger partial charge in [-0.2, -0.15) is 0 Å². The zero-order valence-electron chi connectivity index (χ0n) is 9.83. The SMILES string of the molecule is CC(=O)CCC(=O)NCCc1ccc(F)cc1. The highest BCUT2D eigenvalue weighted by molar-refractivity contribution is 5.83. The van der Waals surface area contributed by atoms with Gasteiger partial charge in [-0.15, -0.1) is 0 Å². The highest BCUT2D eigenvalue weighted by Gasteiger charge is 2.02. The van der Waals surface area contributed by atoms with Crippen LogP contribution < -0.4 is 5.32 Å². The fourth-order valence-corrected chi connectivity index (χ4v) is 1.38. The molecule has 1 N–H and O–H groups in total. The Bertz CT molecular complexity index is 387. The van der Waals surface area contributed by atoms with Crippen molar-refractivity contribution in [2.45, 2.75) is 26.2 Å². The molecule has 0 aliphatic heterocycles. The second-order valence-corrected chi connectivity index (χ2v) is 3.93. The summed E-state index contributed by atoms with van der Waals surface area (Å²) in [4.78, 5) is 21.9. The number of benzene rings is 1. The van der Waals surface area contributed by atoms with E-state index in [9.17, 15) is 14.0 Å². The van der Waals surface area contributed by atoms with E-state index in [0.29, 0.717) is 13.0 Å². The fourth-order valence-electron chi connectivity index (χ4n) is 1.38. The van der Waals surface area contributed by atoms with Crippen LogP contribution in [0.5, 0.6) is 0 Å². The molecule has 4 heteroatoms. The molecule has 1 aromatic carbocycles. The van der Waals surface area contributed by atoms with Gasteiger partial charge in [-0.05, 0) is 31.0 Å². The molecule has 1 rings (SSSR count). The third kappa shape index (κ3) is 5.80. The maximum atomic E-state index is 12.6. The number of hydrogen-bond acceptors (Lipinski definition) is 2. The minimum atomic E-state index is -0.265. The van der Waals surface area contributed by atoms with Crippen molar-refractivity contribution in [2.75, 3.05) is 6.54 Å². The molecule has 0 radical (unpaired) electrons. The summed E-state index contributed by atoms with van der Waals surface area (Å²) in [5.41, 5.74) is 0.971. The van der Waals surface area contributed by atoms with Crippen LogP contribution in [0, 0.1) is 5.82 Å². The van der Waals surface area contributed by atoms with Crippen molar-refractivity contribution >= 4 is 11.7 Å². The van der Waals surface area contributed by atoms with E-state index in [1.165, 1.54) is 19.1 Å². The maximum absolute atomic E-state index is 12.6. The molecule has 0 aromatic heterocycles. The first kappa shape index (κ1) is 13.4. The molecule has 3 nitrogen and oxygen atoms in total. The van der Waals surface area contributed by atoms with Crippen LogP contribution in [0.15, 0.2) is 24.3 Å². The number of Topliss-reactive ketones (excluding diaryl/α,β-unsaturated/α-hetero) is 1. The lowest BCUT2D eigenvalue weighted by Crippen LogP contribution is -2.25. The third-order valence-corrected chi connectivity index (χ3v) is 2.35. The molecule has 0 spiro atoms. The van der Waals surface area contributed by atoms with E-state index >= 15 is 0 Å². The smallest absolute Gasteiger partial charge is 0.220 e. The third-order valence-electron chi connectivity index (χ3n) is 2.35. The summed E-state index contributed by atoms with van der Waals surface area (Å²) in [6.07, 6.45) is 1.17. The molecule has 1 amide bonds. The van der Waals surface area contributed by atoms with Crippen molar-refractivity contribution < 1.29 is 14.0 Å². The lowest BCUT2D eigenvalue weighted by molar-refractivity contribution is -0.124. The first-order chi connectivity index (χ1) is 8.08. The Morgan fingerprint density at radius 2 is 1.82 bits per heavy atom. The van der Waals surface area contributed by atoms with E-state index in [4.69, 9.17) is 0 Å². The molecule has 17 heavy (non-hydrogen) atoms. The Morgan fingerprint density at radius 3 is 2.41 bits per heavy atom. The van der Waals surface area contributed by atoms with Gasteiger partial charge in [-0.1, -0.05) is 12.1 Å². The molecule has 0 atom stereocenters. The summed E-state index contributed by atoms with van der Waals surface area (Å²) < 4.78 is 12.6. The Kier molecular flexibility index (Phi) is 5.33. The van der Waals surface area contributed by atoms with E-state index in [0.717, 1.165) is 5.56 Å². The van der Waals surface area contributed by atoms with Crippen molar-refractivity contribution in [1.29, 1.82) is 0 Å². The zero-order valence-corrected chi connectivity index (χ0v) is 9.83. The van der Waals surface area contributed by atoms with Gasteiger partial charge in [-0.3, -0.25) is 4.79 Å². The van der Waals surface area contributed by atoms with Gasteiger partial charge in [0.25, 0.3) is 0 Å². The number of hydrogen-bond donors (Lipinski definition) is 1. The number of ketones is 1. The minimum absolute atomic E-state index is 0.0127. The monoisotopic (exact) mass is 237 g/mol. The van der Waals surface area contributed by atoms with E-state index in [1.54, 1.807) is 12.1 Å². The number of nitrogens with one attached hydrogen (secondary N) is 1. The van der Waals surface area contributed by atoms with Crippen LogP contribution in [0.4, 0.5) is 4.39 Å². The van der Waals surface area contributed by atoms with Gasteiger partial charge in [0.05, 0.1) is 0 Å². The Hall–Kier alpha value is -1.71. The van der Waals surface area contributed by atoms with E-state index in [1.807, 2.05) is 0 Å². The number of halogens is 1. The van der Waals surface area contributed by atoms with Crippen molar-refractivity contribution in [3.05, 3.63) is 35.6 Å². The second kappa shape index (κ2) is 6.78. The molecule has 1 aromatic rings. The standard InChI is InChI=1S/C13H16FNO2/c1-10(16)2-7-13(17)15-9-8-11-3-5-12(14)6-4-11/h3-6H,2,7-9H2,1H3,(H,15,17). The van der Waals surface area contributed by atoms with Crippen LogP contribution in [0.2, 0.25) is 0 Å². The normalized spacial score (nSPS) is 10.0. The molecular weight excluding hydrogens is 221 g/mol. The zero-order chi connectivity index (χ0) is 12.7. The minimum Gasteiger partial charge on any atom is -0.356 e. The average Bonchev–Trinajstić information content (AvgIpc) is 2.29. The molecule has 0 heterocycles. The maximum Gasteiger partial charge on any atom is 0.220 e. The van der Waals surface area contributed by atoms with Crippen molar-refractivity contribution in [3.8, 4) is 0 Å². The summed E-state index contributed by atoms with van der Waals surface area (Å²) in [5, 5.41) is 2.72. The predicted molar refractivity (Wildman–Crippen MR) is 63.0 cm³/mol. The van der Waals surface area contributed by atoms with Gasteiger partial charge >= 0.3 is 0 Å². The quantitative estimate of drug-likeness (QED) is 0.820. The summed E-state index contributed by atoms with van der Waals surface area (Å²) >= 11 is 0. The van der Waals surface area contributed by atoms with Crippen molar-refractivity contribution in [1.82, 2.24) is 5.32 Å². The first-order valence-corrected chi connectivity index (χ1v) is 5.58. The largest absolute Gasteiger partial charge is 0.356 e. The van der Waals surface area contributed by atoms with Crippen LogP contribution in [0.25, 0.3) is 0 Å². The predicted octanol–water partition coefficient (Wildman–Crippen LogP) is 1.85. The van der Waals surface area contributed by atoms with Gasteiger partial charge in [0, 0.05) is 19.4 Å². The van der Waals surface area contributed by atoms with Crippen LogP contribution in [-0.4, -0.2) is 18.2 Å². The molecule has 0 aliphatic carbocycles. The number of carbonyl (C=O) groups is 2. The lowest BCUT2D eigenvalue weighted by atomic mass is 10.1. The fraction of sp³-hybridized carbons (Fsp3) is 0.385. The van der Waals surface area contributed by atoms with Crippen molar-refractivity contribution in [3.63, 3.8) is 0 Å². The van der Waals surface area contributed by atoms with Gasteiger partial charge in [0.15, 0.2) is 0 Å². The lowest BCUT2D eigenvalue weighted by Gasteiger charge is -2.04. The summed E-state index contributed by atoms with van der Waals surface area (Å²) in [5.74, 6) is -0.375. The first-order valence-electron chi connectivity index (χ1n) is 5.58. The molecular formula is C13H16FNO2. The van der Waals surface area contributed by atoms with Gasteiger partial charge < -0.3 is 10.1 Å². The summed E-state index contributed by atoms with van der Waals surface area (Å²) in [7, 11) is 0. The molecule has 92 valence electrons. The molecule has 0 saturated heterocycles. The molecule has 0 bridgehead atoms. The summed E-state index contributed by atoms with van der Waals surface area (Å²) in [6, 6.07) is 6.17. The van der Waals surface area contributed by atoms with Gasteiger partial charge in [-0.25, -0.2) is 4.39 Å². The molecule has 0 saturated carbocycles. The van der Waals surface area contributed by atoms with Crippen LogP contribution in [0.1, 0.15) is 25.3 Å². The molecule has 0 aliphatic rings. The van der Waals surface area contributed by atoms with Crippen LogP contribution in [-0.2, 0) is 16.0 Å². The Balaban J connectivity index is 2.21. The number of carbonyl (C=O) groups excluding carboxylic acids is 2. The number of rotatable bonds is 6. The topological polar surface area (TPSA) is 46.2 Å². The Labute approximate surface area is 100 Å². The molecule has 0 fully saturated rings. The number of amides is 1. The second-order valence-electron chi connectivity index (χ2n) is 3.93. The van der Waals surface area contributed by atoms with E-state index in [-0.39, 0.29) is 30.3 Å². The van der Waals surface area contributed by atoms with Gasteiger partial charge in [0.2, 0.25) is 5.91 Å². The van der Waals surface area contributed by atoms with Crippen LogP contribution >= 0.6 is 0 Å². The van der Waals surface area contributed by atoms with Gasteiger partial charge in [0.1, 0.15) is 11.6 Å². The van der Waals surface area contributed by atoms with E-state index in [2.05, 4.69) is 5.32 Å². The highest BCUT2D eigenvalue weighted by atomic mass is 19.1. The Morgan fingerprint density at radius 1 is 1.18 bits per heavy atom. The van der Waals surface area contributed by atoms with Crippen molar-refractivity contribution in [2.24, 2.45) is 0 Å². The molecule has 0 unspecified atom stereocenters. The highest BCUT2D eigenvalue weighted by Crippen LogP contribution is 2.02. The average molecular weight is 237 g/mol.